The summed E-state index contributed by atoms with van der Waals surface area (Å²) in [5.41, 5.74) is 0.615. The highest BCUT2D eigenvalue weighted by molar-refractivity contribution is 7.98. The van der Waals surface area contributed by atoms with Crippen molar-refractivity contribution in [3.8, 4) is 5.75 Å². The Morgan fingerprint density at radius 2 is 1.83 bits per heavy atom. The Balaban J connectivity index is 2.11. The summed E-state index contributed by atoms with van der Waals surface area (Å²) in [4.78, 5) is 13.1. The number of rotatable bonds is 4. The van der Waals surface area contributed by atoms with Crippen LogP contribution >= 0.6 is 23.4 Å². The molecule has 0 atom stereocenters. The Kier molecular flexibility index (Phi) is 5.43. The van der Waals surface area contributed by atoms with Crippen LogP contribution in [0.3, 0.4) is 0 Å². The molecule has 2 aromatic carbocycles. The molecule has 1 N–H and O–H groups in total. The van der Waals surface area contributed by atoms with E-state index in [1.54, 1.807) is 18.2 Å². The van der Waals surface area contributed by atoms with Crippen molar-refractivity contribution in [2.45, 2.75) is 11.3 Å². The van der Waals surface area contributed by atoms with Crippen LogP contribution in [0.25, 0.3) is 0 Å². The van der Waals surface area contributed by atoms with Crippen molar-refractivity contribution in [1.29, 1.82) is 0 Å². The van der Waals surface area contributed by atoms with Gasteiger partial charge in [0, 0.05) is 10.6 Å². The van der Waals surface area contributed by atoms with Gasteiger partial charge < -0.3 is 10.1 Å². The Morgan fingerprint density at radius 3 is 2.39 bits per heavy atom. The van der Waals surface area contributed by atoms with Crippen LogP contribution in [0.5, 0.6) is 5.75 Å². The predicted molar refractivity (Wildman–Crippen MR) is 84.3 cm³/mol. The highest BCUT2D eigenvalue weighted by atomic mass is 35.5. The number of benzene rings is 2. The van der Waals surface area contributed by atoms with Crippen LogP contribution in [0.15, 0.2) is 47.4 Å². The summed E-state index contributed by atoms with van der Waals surface area (Å²) in [5, 5.41) is 2.86. The number of carbonyl (C=O) groups is 1. The summed E-state index contributed by atoms with van der Waals surface area (Å²) in [5.74, 6) is -0.812. The second-order valence-corrected chi connectivity index (χ2v) is 5.66. The lowest BCUT2D eigenvalue weighted by molar-refractivity contribution is -0.274. The van der Waals surface area contributed by atoms with E-state index >= 15 is 0 Å². The van der Waals surface area contributed by atoms with Gasteiger partial charge in [0.1, 0.15) is 5.75 Å². The first-order valence-corrected chi connectivity index (χ1v) is 7.89. The second-order valence-electron chi connectivity index (χ2n) is 4.37. The van der Waals surface area contributed by atoms with E-state index in [9.17, 15) is 18.0 Å². The van der Waals surface area contributed by atoms with E-state index in [4.69, 9.17) is 11.6 Å². The zero-order valence-corrected chi connectivity index (χ0v) is 13.4. The molecule has 0 aliphatic rings. The number of thioether (sulfide) groups is 1. The number of nitrogens with one attached hydrogen (secondary N) is 1. The second kappa shape index (κ2) is 7.14. The van der Waals surface area contributed by atoms with Crippen LogP contribution in [-0.2, 0) is 0 Å². The maximum Gasteiger partial charge on any atom is 0.573 e. The van der Waals surface area contributed by atoms with Gasteiger partial charge in [-0.2, -0.15) is 0 Å². The van der Waals surface area contributed by atoms with Gasteiger partial charge in [0.2, 0.25) is 0 Å². The summed E-state index contributed by atoms with van der Waals surface area (Å²) in [6.45, 7) is 0. The van der Waals surface area contributed by atoms with Gasteiger partial charge in [-0.3, -0.25) is 4.79 Å². The molecule has 0 aliphatic heterocycles. The number of carbonyl (C=O) groups excluding carboxylic acids is 1. The minimum atomic E-state index is -4.75. The van der Waals surface area contributed by atoms with Crippen molar-refractivity contribution < 1.29 is 22.7 Å². The summed E-state index contributed by atoms with van der Waals surface area (Å²) >= 11 is 7.46. The van der Waals surface area contributed by atoms with Crippen molar-refractivity contribution in [1.82, 2.24) is 0 Å². The number of alkyl halides is 3. The van der Waals surface area contributed by atoms with Crippen LogP contribution in [0.2, 0.25) is 5.02 Å². The fraction of sp³-hybridized carbons (Fsp3) is 0.133. The van der Waals surface area contributed by atoms with Gasteiger partial charge in [0.25, 0.3) is 5.91 Å². The SMILES string of the molecule is CSc1ccc(Cl)c(C(=O)Nc2ccc(OC(F)(F)F)cc2)c1. The highest BCUT2D eigenvalue weighted by Gasteiger charge is 2.30. The minimum absolute atomic E-state index is 0.286. The van der Waals surface area contributed by atoms with E-state index in [1.807, 2.05) is 6.26 Å². The molecule has 0 bridgehead atoms. The maximum atomic E-state index is 12.2. The van der Waals surface area contributed by atoms with E-state index in [0.29, 0.717) is 5.69 Å². The van der Waals surface area contributed by atoms with Crippen molar-refractivity contribution in [3.05, 3.63) is 53.1 Å². The summed E-state index contributed by atoms with van der Waals surface area (Å²) in [6, 6.07) is 9.89. The van der Waals surface area contributed by atoms with Crippen LogP contribution in [0.1, 0.15) is 10.4 Å². The molecule has 1 amide bonds. The number of hydrogen-bond donors (Lipinski definition) is 1. The van der Waals surface area contributed by atoms with Crippen molar-refractivity contribution in [3.63, 3.8) is 0 Å². The molecule has 0 fully saturated rings. The largest absolute Gasteiger partial charge is 0.573 e. The fourth-order valence-electron chi connectivity index (χ4n) is 1.74. The first-order chi connectivity index (χ1) is 10.8. The van der Waals surface area contributed by atoms with E-state index in [2.05, 4.69) is 10.1 Å². The smallest absolute Gasteiger partial charge is 0.406 e. The Morgan fingerprint density at radius 1 is 1.17 bits per heavy atom. The fourth-order valence-corrected chi connectivity index (χ4v) is 2.39. The molecule has 0 saturated carbocycles. The number of hydrogen-bond acceptors (Lipinski definition) is 3. The average Bonchev–Trinajstić information content (AvgIpc) is 2.48. The molecule has 8 heteroatoms. The van der Waals surface area contributed by atoms with Crippen LogP contribution < -0.4 is 10.1 Å². The van der Waals surface area contributed by atoms with E-state index in [0.717, 1.165) is 17.0 Å². The van der Waals surface area contributed by atoms with Crippen molar-refractivity contribution in [2.75, 3.05) is 11.6 Å². The average molecular weight is 362 g/mol. The van der Waals surface area contributed by atoms with Gasteiger partial charge in [0.15, 0.2) is 0 Å². The molecule has 0 radical (unpaired) electrons. The molecule has 2 rings (SSSR count). The van der Waals surface area contributed by atoms with Crippen molar-refractivity contribution >= 4 is 35.0 Å². The lowest BCUT2D eigenvalue weighted by Crippen LogP contribution is -2.17. The van der Waals surface area contributed by atoms with Crippen LogP contribution in [0, 0.1) is 0 Å². The lowest BCUT2D eigenvalue weighted by Gasteiger charge is -2.10. The molecule has 0 heterocycles. The normalized spacial score (nSPS) is 11.2. The number of anilines is 1. The van der Waals surface area contributed by atoms with Crippen molar-refractivity contribution in [2.24, 2.45) is 0 Å². The first kappa shape index (κ1) is 17.5. The molecule has 0 unspecified atom stereocenters. The highest BCUT2D eigenvalue weighted by Crippen LogP contribution is 2.26. The number of amides is 1. The summed E-state index contributed by atoms with van der Waals surface area (Å²) in [6.07, 6.45) is -2.89. The maximum absolute atomic E-state index is 12.2. The molecular formula is C15H11ClF3NO2S. The molecule has 0 aliphatic carbocycles. The van der Waals surface area contributed by atoms with Crippen LogP contribution in [0.4, 0.5) is 18.9 Å². The van der Waals surface area contributed by atoms with E-state index < -0.39 is 12.3 Å². The Labute approximate surface area is 139 Å². The van der Waals surface area contributed by atoms with Crippen LogP contribution in [-0.4, -0.2) is 18.5 Å². The quantitative estimate of drug-likeness (QED) is 0.759. The van der Waals surface area contributed by atoms with Gasteiger partial charge in [-0.15, -0.1) is 24.9 Å². The van der Waals surface area contributed by atoms with E-state index in [1.165, 1.54) is 23.9 Å². The lowest BCUT2D eigenvalue weighted by atomic mass is 10.2. The Bertz CT molecular complexity index is 705. The zero-order valence-electron chi connectivity index (χ0n) is 11.8. The third kappa shape index (κ3) is 5.07. The molecule has 0 spiro atoms. The molecule has 2 aromatic rings. The predicted octanol–water partition coefficient (Wildman–Crippen LogP) is 5.21. The molecular weight excluding hydrogens is 351 g/mol. The molecule has 122 valence electrons. The third-order valence-electron chi connectivity index (χ3n) is 2.76. The first-order valence-electron chi connectivity index (χ1n) is 6.29. The van der Waals surface area contributed by atoms with Gasteiger partial charge >= 0.3 is 6.36 Å². The summed E-state index contributed by atoms with van der Waals surface area (Å²) in [7, 11) is 0. The zero-order chi connectivity index (χ0) is 17.0. The van der Waals surface area contributed by atoms with Gasteiger partial charge in [0.05, 0.1) is 10.6 Å². The number of ether oxygens (including phenoxy) is 1. The third-order valence-corrected chi connectivity index (χ3v) is 3.82. The molecule has 3 nitrogen and oxygen atoms in total. The van der Waals surface area contributed by atoms with Gasteiger partial charge in [-0.05, 0) is 48.7 Å². The number of halogens is 4. The Hall–Kier alpha value is -1.86. The van der Waals surface area contributed by atoms with Gasteiger partial charge in [-0.1, -0.05) is 11.6 Å². The van der Waals surface area contributed by atoms with E-state index in [-0.39, 0.29) is 16.3 Å². The van der Waals surface area contributed by atoms with Gasteiger partial charge in [-0.25, -0.2) is 0 Å². The summed E-state index contributed by atoms with van der Waals surface area (Å²) < 4.78 is 40.0. The topological polar surface area (TPSA) is 38.3 Å². The standard InChI is InChI=1S/C15H11ClF3NO2S/c1-23-11-6-7-13(16)12(8-11)14(21)20-9-2-4-10(5-3-9)22-15(17,18)19/h2-8H,1H3,(H,20,21). The molecule has 23 heavy (non-hydrogen) atoms. The molecule has 0 saturated heterocycles. The monoisotopic (exact) mass is 361 g/mol. The molecule has 0 aromatic heterocycles. The minimum Gasteiger partial charge on any atom is -0.406 e.